The van der Waals surface area contributed by atoms with Gasteiger partial charge in [-0.2, -0.15) is 0 Å². The Kier molecular flexibility index (Phi) is 6.86. The molecule has 0 aromatic rings. The molecule has 0 saturated heterocycles. The molecular formula is C9H15NO6. The van der Waals surface area contributed by atoms with Gasteiger partial charge in [0, 0.05) is 13.0 Å². The summed E-state index contributed by atoms with van der Waals surface area (Å²) in [7, 11) is 0. The van der Waals surface area contributed by atoms with Crippen LogP contribution < -0.4 is 0 Å². The van der Waals surface area contributed by atoms with Crippen molar-refractivity contribution in [3.8, 4) is 0 Å². The number of aliphatic carboxylic acids is 3. The number of hydrogen-bond acceptors (Lipinski definition) is 4. The number of nitrogens with zero attached hydrogens (tertiary/aromatic N) is 1. The summed E-state index contributed by atoms with van der Waals surface area (Å²) in [5.74, 6) is -3.01. The average Bonchev–Trinajstić information content (AvgIpc) is 2.12. The van der Waals surface area contributed by atoms with Crippen molar-refractivity contribution in [1.82, 2.24) is 4.90 Å². The Morgan fingerprint density at radius 1 is 0.812 bits per heavy atom. The van der Waals surface area contributed by atoms with Crippen LogP contribution in [0.5, 0.6) is 0 Å². The van der Waals surface area contributed by atoms with Crippen LogP contribution in [0.1, 0.15) is 19.3 Å². The third-order valence-electron chi connectivity index (χ3n) is 1.87. The third-order valence-corrected chi connectivity index (χ3v) is 1.87. The van der Waals surface area contributed by atoms with Gasteiger partial charge in [0.1, 0.15) is 0 Å². The van der Waals surface area contributed by atoms with E-state index in [9.17, 15) is 14.4 Å². The standard InChI is InChI=1S/C9H15NO6/c11-7(12)2-1-4-10(6-9(15)16)5-3-8(13)14/h1-6H2,(H,11,12)(H,13,14)(H,15,16). The van der Waals surface area contributed by atoms with Gasteiger partial charge in [0.2, 0.25) is 0 Å². The minimum Gasteiger partial charge on any atom is -0.481 e. The van der Waals surface area contributed by atoms with Crippen molar-refractivity contribution in [2.75, 3.05) is 19.6 Å². The van der Waals surface area contributed by atoms with Crippen molar-refractivity contribution in [2.45, 2.75) is 19.3 Å². The van der Waals surface area contributed by atoms with E-state index in [1.54, 1.807) is 0 Å². The summed E-state index contributed by atoms with van der Waals surface area (Å²) in [6, 6.07) is 0. The molecule has 7 nitrogen and oxygen atoms in total. The van der Waals surface area contributed by atoms with Crippen LogP contribution in [0.2, 0.25) is 0 Å². The van der Waals surface area contributed by atoms with Gasteiger partial charge >= 0.3 is 17.9 Å². The smallest absolute Gasteiger partial charge is 0.317 e. The van der Waals surface area contributed by atoms with Crippen molar-refractivity contribution in [3.05, 3.63) is 0 Å². The minimum atomic E-state index is -1.05. The third kappa shape index (κ3) is 8.95. The van der Waals surface area contributed by atoms with Gasteiger partial charge in [-0.15, -0.1) is 0 Å². The van der Waals surface area contributed by atoms with E-state index in [2.05, 4.69) is 0 Å². The van der Waals surface area contributed by atoms with Gasteiger partial charge in [-0.05, 0) is 13.0 Å². The van der Waals surface area contributed by atoms with Crippen LogP contribution in [0.4, 0.5) is 0 Å². The molecule has 3 N–H and O–H groups in total. The lowest BCUT2D eigenvalue weighted by molar-refractivity contribution is -0.141. The average molecular weight is 233 g/mol. The molecule has 0 atom stereocenters. The fraction of sp³-hybridized carbons (Fsp3) is 0.667. The van der Waals surface area contributed by atoms with Crippen LogP contribution in [0.25, 0.3) is 0 Å². The van der Waals surface area contributed by atoms with Crippen molar-refractivity contribution in [2.24, 2.45) is 0 Å². The van der Waals surface area contributed by atoms with Gasteiger partial charge in [0.15, 0.2) is 0 Å². The van der Waals surface area contributed by atoms with Gasteiger partial charge in [-0.25, -0.2) is 0 Å². The van der Waals surface area contributed by atoms with E-state index in [0.29, 0.717) is 6.42 Å². The molecule has 0 bridgehead atoms. The highest BCUT2D eigenvalue weighted by Gasteiger charge is 2.11. The second-order valence-corrected chi connectivity index (χ2v) is 3.31. The Balaban J connectivity index is 3.94. The molecule has 0 saturated carbocycles. The summed E-state index contributed by atoms with van der Waals surface area (Å²) in [5.41, 5.74) is 0. The Bertz CT molecular complexity index is 265. The number of rotatable bonds is 9. The van der Waals surface area contributed by atoms with E-state index < -0.39 is 17.9 Å². The van der Waals surface area contributed by atoms with E-state index >= 15 is 0 Å². The Hall–Kier alpha value is -1.63. The lowest BCUT2D eigenvalue weighted by Crippen LogP contribution is -2.32. The molecule has 0 aromatic carbocycles. The van der Waals surface area contributed by atoms with Crippen molar-refractivity contribution >= 4 is 17.9 Å². The van der Waals surface area contributed by atoms with Gasteiger partial charge in [0.25, 0.3) is 0 Å². The van der Waals surface area contributed by atoms with Crippen molar-refractivity contribution in [3.63, 3.8) is 0 Å². The molecule has 0 fully saturated rings. The van der Waals surface area contributed by atoms with Crippen LogP contribution >= 0.6 is 0 Å². The minimum absolute atomic E-state index is 0.0524. The first-order valence-corrected chi connectivity index (χ1v) is 4.79. The van der Waals surface area contributed by atoms with Crippen LogP contribution in [0, 0.1) is 0 Å². The highest BCUT2D eigenvalue weighted by Crippen LogP contribution is 1.97. The normalized spacial score (nSPS) is 10.3. The quantitative estimate of drug-likeness (QED) is 0.501. The zero-order chi connectivity index (χ0) is 12.6. The maximum absolute atomic E-state index is 10.4. The molecule has 0 aromatic heterocycles. The molecule has 7 heteroatoms. The molecule has 0 aliphatic rings. The van der Waals surface area contributed by atoms with E-state index in [4.69, 9.17) is 15.3 Å². The molecule has 92 valence electrons. The molecule has 0 radical (unpaired) electrons. The maximum Gasteiger partial charge on any atom is 0.317 e. The highest BCUT2D eigenvalue weighted by molar-refractivity contribution is 5.70. The van der Waals surface area contributed by atoms with Crippen molar-refractivity contribution in [1.29, 1.82) is 0 Å². The summed E-state index contributed by atoms with van der Waals surface area (Å²) in [4.78, 5) is 32.4. The molecule has 0 unspecified atom stereocenters. The lowest BCUT2D eigenvalue weighted by atomic mass is 10.2. The second-order valence-electron chi connectivity index (χ2n) is 3.31. The summed E-state index contributed by atoms with van der Waals surface area (Å²) in [6.07, 6.45) is 0.103. The first kappa shape index (κ1) is 14.4. The zero-order valence-corrected chi connectivity index (χ0v) is 8.76. The molecule has 0 aliphatic heterocycles. The summed E-state index contributed by atoms with van der Waals surface area (Å²) < 4.78 is 0. The van der Waals surface area contributed by atoms with Crippen molar-refractivity contribution < 1.29 is 29.7 Å². The van der Waals surface area contributed by atoms with Crippen LogP contribution in [0.3, 0.4) is 0 Å². The predicted molar refractivity (Wildman–Crippen MR) is 53.2 cm³/mol. The molecular weight excluding hydrogens is 218 g/mol. The van der Waals surface area contributed by atoms with Gasteiger partial charge in [-0.3, -0.25) is 19.3 Å². The van der Waals surface area contributed by atoms with E-state index in [1.807, 2.05) is 0 Å². The lowest BCUT2D eigenvalue weighted by Gasteiger charge is -2.18. The monoisotopic (exact) mass is 233 g/mol. The maximum atomic E-state index is 10.4. The molecule has 0 aliphatic carbocycles. The SMILES string of the molecule is O=C(O)CCCN(CCC(=O)O)CC(=O)O. The van der Waals surface area contributed by atoms with Crippen LogP contribution in [-0.2, 0) is 14.4 Å². The van der Waals surface area contributed by atoms with E-state index in [1.165, 1.54) is 4.90 Å². The molecule has 0 rings (SSSR count). The largest absolute Gasteiger partial charge is 0.481 e. The molecule has 16 heavy (non-hydrogen) atoms. The fourth-order valence-electron chi connectivity index (χ4n) is 1.17. The number of hydrogen-bond donors (Lipinski definition) is 3. The summed E-state index contributed by atoms with van der Waals surface area (Å²) in [6.45, 7) is 0.111. The second kappa shape index (κ2) is 7.63. The van der Waals surface area contributed by atoms with Crippen LogP contribution in [-0.4, -0.2) is 57.8 Å². The predicted octanol–water partition coefficient (Wildman–Crippen LogP) is -0.288. The number of carbonyl (C=O) groups is 3. The first-order chi connectivity index (χ1) is 7.41. The van der Waals surface area contributed by atoms with Gasteiger partial charge in [-0.1, -0.05) is 0 Å². The van der Waals surface area contributed by atoms with E-state index in [-0.39, 0.29) is 32.5 Å². The Morgan fingerprint density at radius 3 is 1.81 bits per heavy atom. The summed E-state index contributed by atoms with van der Waals surface area (Å²) in [5, 5.41) is 25.4. The zero-order valence-electron chi connectivity index (χ0n) is 8.76. The van der Waals surface area contributed by atoms with Gasteiger partial charge < -0.3 is 15.3 Å². The molecule has 0 amide bonds. The summed E-state index contributed by atoms with van der Waals surface area (Å²) >= 11 is 0. The van der Waals surface area contributed by atoms with Gasteiger partial charge in [0.05, 0.1) is 13.0 Å². The topological polar surface area (TPSA) is 115 Å². The first-order valence-electron chi connectivity index (χ1n) is 4.79. The fourth-order valence-corrected chi connectivity index (χ4v) is 1.17. The highest BCUT2D eigenvalue weighted by atomic mass is 16.4. The Labute approximate surface area is 92.3 Å². The number of carboxylic acid groups (broad SMARTS) is 3. The molecule has 0 spiro atoms. The van der Waals surface area contributed by atoms with Crippen LogP contribution in [0.15, 0.2) is 0 Å². The Morgan fingerprint density at radius 2 is 1.38 bits per heavy atom. The number of carboxylic acids is 3. The van der Waals surface area contributed by atoms with E-state index in [0.717, 1.165) is 0 Å². The molecule has 0 heterocycles.